The van der Waals surface area contributed by atoms with Crippen LogP contribution in [0, 0.1) is 23.5 Å². The molecule has 0 spiro atoms. The highest BCUT2D eigenvalue weighted by molar-refractivity contribution is 7.92. The molecule has 0 saturated heterocycles. The van der Waals surface area contributed by atoms with Gasteiger partial charge in [0.1, 0.15) is 16.4 Å². The van der Waals surface area contributed by atoms with Gasteiger partial charge in [0, 0.05) is 30.7 Å². The molecule has 1 N–H and O–H groups in total. The maximum atomic E-state index is 15.2. The number of hydrogen-bond acceptors (Lipinski definition) is 5. The smallest absolute Gasteiger partial charge is 0.396 e. The van der Waals surface area contributed by atoms with Gasteiger partial charge in [-0.2, -0.15) is 17.5 Å². The van der Waals surface area contributed by atoms with Crippen molar-refractivity contribution in [3.05, 3.63) is 77.9 Å². The number of sulfonamides is 1. The predicted octanol–water partition coefficient (Wildman–Crippen LogP) is 5.29. The van der Waals surface area contributed by atoms with Gasteiger partial charge in [0.2, 0.25) is 10.0 Å². The molecule has 2 aromatic carbocycles. The van der Waals surface area contributed by atoms with E-state index in [-0.39, 0.29) is 31.1 Å². The molecule has 3 atom stereocenters. The van der Waals surface area contributed by atoms with Crippen LogP contribution in [-0.4, -0.2) is 51.2 Å². The summed E-state index contributed by atoms with van der Waals surface area (Å²) in [6, 6.07) is 4.08. The zero-order valence-corrected chi connectivity index (χ0v) is 23.7. The van der Waals surface area contributed by atoms with Crippen molar-refractivity contribution in [2.45, 2.75) is 55.0 Å². The van der Waals surface area contributed by atoms with Crippen molar-refractivity contribution in [1.29, 1.82) is 0 Å². The molecule has 222 valence electrons. The number of halogens is 5. The summed E-state index contributed by atoms with van der Waals surface area (Å²) in [5.74, 6) is -3.49. The molecule has 13 heteroatoms. The fraction of sp³-hybridized carbons (Fsp3) is 0.481. The van der Waals surface area contributed by atoms with Gasteiger partial charge in [0.25, 0.3) is 0 Å². The Morgan fingerprint density at radius 3 is 2.25 bits per heavy atom. The van der Waals surface area contributed by atoms with Crippen molar-refractivity contribution in [3.63, 3.8) is 0 Å². The van der Waals surface area contributed by atoms with E-state index in [1.54, 1.807) is 13.8 Å². The van der Waals surface area contributed by atoms with Gasteiger partial charge in [-0.05, 0) is 67.6 Å². The van der Waals surface area contributed by atoms with Crippen molar-refractivity contribution in [2.75, 3.05) is 18.9 Å². The summed E-state index contributed by atoms with van der Waals surface area (Å²) in [5, 5.41) is 10.4. The van der Waals surface area contributed by atoms with E-state index in [9.17, 15) is 39.5 Å². The molecule has 3 rings (SSSR count). The molecule has 0 unspecified atom stereocenters. The van der Waals surface area contributed by atoms with Gasteiger partial charge >= 0.3 is 6.18 Å². The molecule has 1 aliphatic rings. The Labute approximate surface area is 231 Å². The quantitative estimate of drug-likeness (QED) is 0.292. The fourth-order valence-electron chi connectivity index (χ4n) is 5.47. The number of sulfone groups is 1. The van der Waals surface area contributed by atoms with Crippen LogP contribution >= 0.6 is 0 Å². The largest absolute Gasteiger partial charge is 0.416 e. The van der Waals surface area contributed by atoms with E-state index in [0.29, 0.717) is 12.1 Å². The van der Waals surface area contributed by atoms with Crippen LogP contribution in [0.4, 0.5) is 22.0 Å². The molecule has 40 heavy (non-hydrogen) atoms. The van der Waals surface area contributed by atoms with Crippen LogP contribution in [-0.2, 0) is 30.8 Å². The Morgan fingerprint density at radius 1 is 1.10 bits per heavy atom. The first-order valence-electron chi connectivity index (χ1n) is 12.6. The monoisotopic (exact) mass is 609 g/mol. The Kier molecular flexibility index (Phi) is 9.54. The van der Waals surface area contributed by atoms with Crippen LogP contribution in [0.5, 0.6) is 0 Å². The van der Waals surface area contributed by atoms with E-state index in [2.05, 4.69) is 6.58 Å². The second kappa shape index (κ2) is 11.9. The molecule has 0 amide bonds. The third kappa shape index (κ3) is 6.27. The van der Waals surface area contributed by atoms with Crippen LogP contribution in [0.1, 0.15) is 44.2 Å². The van der Waals surface area contributed by atoms with Gasteiger partial charge in [-0.15, -0.1) is 6.58 Å². The number of aliphatic hydroxyl groups is 1. The van der Waals surface area contributed by atoms with Crippen LogP contribution in [0.15, 0.2) is 60.0 Å². The van der Waals surface area contributed by atoms with Crippen molar-refractivity contribution < 1.29 is 43.9 Å². The summed E-state index contributed by atoms with van der Waals surface area (Å²) in [6.07, 6.45) is -4.43. The molecule has 0 aliphatic heterocycles. The summed E-state index contributed by atoms with van der Waals surface area (Å²) in [4.78, 5) is -0.547. The lowest BCUT2D eigenvalue weighted by Crippen LogP contribution is -2.54. The molecule has 0 bridgehead atoms. The van der Waals surface area contributed by atoms with Gasteiger partial charge in [-0.1, -0.05) is 19.9 Å². The molecule has 0 heterocycles. The van der Waals surface area contributed by atoms with Gasteiger partial charge < -0.3 is 5.11 Å². The Morgan fingerprint density at radius 2 is 1.73 bits per heavy atom. The minimum absolute atomic E-state index is 0.122. The second-order valence-electron chi connectivity index (χ2n) is 10.4. The average Bonchev–Trinajstić information content (AvgIpc) is 2.87. The number of aliphatic hydroxyl groups excluding tert-OH is 1. The minimum Gasteiger partial charge on any atom is -0.396 e. The van der Waals surface area contributed by atoms with Crippen LogP contribution < -0.4 is 0 Å². The van der Waals surface area contributed by atoms with E-state index in [1.165, 1.54) is 6.08 Å². The van der Waals surface area contributed by atoms with Gasteiger partial charge in [-0.25, -0.2) is 25.6 Å². The summed E-state index contributed by atoms with van der Waals surface area (Å²) >= 11 is 0. The molecular weight excluding hydrogens is 577 g/mol. The van der Waals surface area contributed by atoms with Crippen molar-refractivity contribution in [3.8, 4) is 0 Å². The van der Waals surface area contributed by atoms with Gasteiger partial charge in [0.05, 0.1) is 16.2 Å². The van der Waals surface area contributed by atoms with Crippen molar-refractivity contribution in [2.24, 2.45) is 11.8 Å². The molecule has 1 fully saturated rings. The molecule has 0 aromatic heterocycles. The normalized spacial score (nSPS) is 22.6. The van der Waals surface area contributed by atoms with Crippen molar-refractivity contribution >= 4 is 19.9 Å². The Hall–Kier alpha value is -2.35. The zero-order chi connectivity index (χ0) is 30.1. The number of hydrogen-bond donors (Lipinski definition) is 1. The predicted molar refractivity (Wildman–Crippen MR) is 140 cm³/mol. The third-order valence-electron chi connectivity index (χ3n) is 7.22. The maximum absolute atomic E-state index is 15.2. The fourth-order valence-corrected chi connectivity index (χ4v) is 9.74. The minimum atomic E-state index is -4.73. The summed E-state index contributed by atoms with van der Waals surface area (Å²) in [7, 11) is -8.60. The number of benzene rings is 2. The number of nitrogens with zero attached hydrogens (tertiary/aromatic N) is 1. The molecular formula is C27H32F5NO5S2. The summed E-state index contributed by atoms with van der Waals surface area (Å²) in [5.41, 5.74) is -1.63. The Bertz CT molecular complexity index is 1430. The summed E-state index contributed by atoms with van der Waals surface area (Å²) in [6.45, 7) is 6.22. The average molecular weight is 610 g/mol. The topological polar surface area (TPSA) is 91.8 Å². The van der Waals surface area contributed by atoms with Crippen LogP contribution in [0.2, 0.25) is 0 Å². The molecule has 0 radical (unpaired) electrons. The van der Waals surface area contributed by atoms with E-state index in [1.807, 2.05) is 0 Å². The second-order valence-corrected chi connectivity index (χ2v) is 14.7. The first-order valence-corrected chi connectivity index (χ1v) is 15.7. The van der Waals surface area contributed by atoms with E-state index in [0.717, 1.165) is 34.6 Å². The van der Waals surface area contributed by atoms with E-state index < -0.39 is 83.4 Å². The van der Waals surface area contributed by atoms with Gasteiger partial charge in [-0.3, -0.25) is 0 Å². The van der Waals surface area contributed by atoms with E-state index >= 15 is 4.39 Å². The first-order chi connectivity index (χ1) is 18.5. The number of alkyl halides is 3. The molecule has 2 aromatic rings. The van der Waals surface area contributed by atoms with Crippen molar-refractivity contribution in [1.82, 2.24) is 4.31 Å². The molecule has 1 saturated carbocycles. The van der Waals surface area contributed by atoms with E-state index in [4.69, 9.17) is 0 Å². The third-order valence-corrected chi connectivity index (χ3v) is 12.0. The molecule has 6 nitrogen and oxygen atoms in total. The zero-order valence-electron chi connectivity index (χ0n) is 22.0. The lowest BCUT2D eigenvalue weighted by atomic mass is 9.74. The lowest BCUT2D eigenvalue weighted by molar-refractivity contribution is -0.137. The Balaban J connectivity index is 2.19. The SMILES string of the molecule is C=CCN([C@H]1CC[C@@](c2cc(F)ccc2F)(S(=O)(=O)c2ccc(C(F)(F)F)cc2)C[C@H]1CO)S(=O)(=O)CC(C)C. The van der Waals surface area contributed by atoms with Gasteiger partial charge in [0.15, 0.2) is 9.84 Å². The van der Waals surface area contributed by atoms with Crippen LogP contribution in [0.25, 0.3) is 0 Å². The molecule has 1 aliphatic carbocycles. The highest BCUT2D eigenvalue weighted by Gasteiger charge is 2.54. The van der Waals surface area contributed by atoms with Crippen LogP contribution in [0.3, 0.4) is 0 Å². The number of rotatable bonds is 10. The lowest BCUT2D eigenvalue weighted by Gasteiger charge is -2.47. The maximum Gasteiger partial charge on any atom is 0.416 e. The first kappa shape index (κ1) is 32.2. The highest BCUT2D eigenvalue weighted by Crippen LogP contribution is 2.51. The highest BCUT2D eigenvalue weighted by atomic mass is 32.2. The summed E-state index contributed by atoms with van der Waals surface area (Å²) < 4.78 is 123. The standard InChI is InChI=1S/C27H32F5NO5S2/c1-4-13-33(39(35,36)17-18(2)3)25-11-12-26(15-19(25)16-34,23-14-21(28)7-10-24(23)29)40(37,38)22-8-5-20(6-9-22)27(30,31)32/h4-10,14,18-19,25,34H,1,11-13,15-17H2,2-3H3/t19-,25-,26+/m0/s1.